The Morgan fingerprint density at radius 3 is 2.78 bits per heavy atom. The van der Waals surface area contributed by atoms with E-state index in [4.69, 9.17) is 32.5 Å². The first-order valence-corrected chi connectivity index (χ1v) is 9.45. The number of benzene rings is 1. The predicted octanol–water partition coefficient (Wildman–Crippen LogP) is 3.02. The normalized spacial score (nSPS) is 17.9. The van der Waals surface area contributed by atoms with E-state index >= 15 is 0 Å². The van der Waals surface area contributed by atoms with Crippen LogP contribution in [-0.2, 0) is 10.3 Å². The Hall–Kier alpha value is -3.54. The third kappa shape index (κ3) is 5.19. The number of ether oxygens (including phenoxy) is 2. The first-order valence-electron chi connectivity index (χ1n) is 9.07. The Kier molecular flexibility index (Phi) is 6.72. The fraction of sp³-hybridized carbons (Fsp3) is 0.263. The van der Waals surface area contributed by atoms with Crippen LogP contribution in [0.2, 0.25) is 5.02 Å². The number of amidine groups is 1. The first-order chi connectivity index (χ1) is 15.1. The minimum absolute atomic E-state index is 0.0253. The summed E-state index contributed by atoms with van der Waals surface area (Å²) in [5, 5.41) is 2.87. The topological polar surface area (TPSA) is 138 Å². The van der Waals surface area contributed by atoms with E-state index in [0.29, 0.717) is 16.3 Å². The number of nitrogens with zero attached hydrogens (tertiary/aromatic N) is 3. The molecule has 2 heterocycles. The highest BCUT2D eigenvalue weighted by atomic mass is 35.5. The number of anilines is 2. The minimum atomic E-state index is -2.70. The van der Waals surface area contributed by atoms with Crippen LogP contribution in [-0.4, -0.2) is 41.6 Å². The van der Waals surface area contributed by atoms with Crippen molar-refractivity contribution in [2.75, 3.05) is 24.3 Å². The van der Waals surface area contributed by atoms with Crippen molar-refractivity contribution in [3.8, 4) is 5.88 Å². The van der Waals surface area contributed by atoms with Crippen molar-refractivity contribution in [3.05, 3.63) is 52.5 Å². The molecule has 0 unspecified atom stereocenters. The van der Waals surface area contributed by atoms with E-state index in [1.807, 2.05) is 0 Å². The number of halogens is 4. The van der Waals surface area contributed by atoms with Gasteiger partial charge in [-0.15, -0.1) is 0 Å². The molecule has 1 aliphatic heterocycles. The van der Waals surface area contributed by atoms with Crippen molar-refractivity contribution in [1.82, 2.24) is 9.97 Å². The standard InChI is InChI=1S/C19H18ClF3N6O3/c1-19(5-10(6-21)32-18(25)29-19)11-4-9(2-3-12(11)20)27-17(30)15-16(24)28-14(7-26-15)31-8-13(22)23/h2-5,7,13H,6,8H2,1H3,(H2,24,28)(H2,25,29)(H,27,30)/t19-/m0/s1. The molecule has 1 aliphatic rings. The van der Waals surface area contributed by atoms with Gasteiger partial charge < -0.3 is 26.3 Å². The molecule has 32 heavy (non-hydrogen) atoms. The lowest BCUT2D eigenvalue weighted by molar-refractivity contribution is 0.0793. The third-order valence-corrected chi connectivity index (χ3v) is 4.60. The smallest absolute Gasteiger partial charge is 0.288 e. The summed E-state index contributed by atoms with van der Waals surface area (Å²) in [5.74, 6) is -1.30. The number of nitrogens with one attached hydrogen (secondary N) is 1. The van der Waals surface area contributed by atoms with Gasteiger partial charge in [-0.2, -0.15) is 4.98 Å². The van der Waals surface area contributed by atoms with Crippen LogP contribution in [0.15, 0.2) is 41.2 Å². The molecule has 2 aromatic rings. The maximum Gasteiger partial charge on any atom is 0.288 e. The number of carbonyl (C=O) groups is 1. The average Bonchev–Trinajstić information content (AvgIpc) is 2.72. The average molecular weight is 471 g/mol. The summed E-state index contributed by atoms with van der Waals surface area (Å²) in [7, 11) is 0. The zero-order valence-electron chi connectivity index (χ0n) is 16.6. The zero-order chi connectivity index (χ0) is 23.5. The third-order valence-electron chi connectivity index (χ3n) is 4.27. The van der Waals surface area contributed by atoms with Crippen LogP contribution < -0.4 is 21.5 Å². The molecule has 1 aromatic heterocycles. The lowest BCUT2D eigenvalue weighted by Gasteiger charge is -2.28. The predicted molar refractivity (Wildman–Crippen MR) is 111 cm³/mol. The Morgan fingerprint density at radius 2 is 2.12 bits per heavy atom. The maximum absolute atomic E-state index is 13.1. The van der Waals surface area contributed by atoms with Crippen molar-refractivity contribution in [2.24, 2.45) is 10.7 Å². The van der Waals surface area contributed by atoms with Crippen LogP contribution in [0.25, 0.3) is 0 Å². The number of hydrogen-bond donors (Lipinski definition) is 3. The largest absolute Gasteiger partial charge is 0.470 e. The monoisotopic (exact) mass is 470 g/mol. The Labute approximate surface area is 185 Å². The highest BCUT2D eigenvalue weighted by molar-refractivity contribution is 6.31. The summed E-state index contributed by atoms with van der Waals surface area (Å²) in [6.45, 7) is -0.135. The second kappa shape index (κ2) is 9.30. The molecule has 0 fully saturated rings. The molecule has 5 N–H and O–H groups in total. The Morgan fingerprint density at radius 1 is 1.38 bits per heavy atom. The molecular formula is C19H18ClF3N6O3. The SMILES string of the molecule is C[C@@]1(c2cc(NC(=O)c3ncc(OCC(F)F)nc3N)ccc2Cl)C=C(CF)OC(N)=N1. The fourth-order valence-electron chi connectivity index (χ4n) is 2.93. The minimum Gasteiger partial charge on any atom is -0.470 e. The molecule has 0 bridgehead atoms. The molecule has 0 aliphatic carbocycles. The molecule has 1 aromatic carbocycles. The summed E-state index contributed by atoms with van der Waals surface area (Å²) in [6, 6.07) is 4.32. The number of aliphatic imine (C=N–C) groups is 1. The number of aromatic nitrogens is 2. The van der Waals surface area contributed by atoms with Crippen LogP contribution >= 0.6 is 11.6 Å². The van der Waals surface area contributed by atoms with Crippen molar-refractivity contribution in [1.29, 1.82) is 0 Å². The molecule has 0 spiro atoms. The number of allylic oxidation sites excluding steroid dienone is 1. The van der Waals surface area contributed by atoms with E-state index in [2.05, 4.69) is 20.3 Å². The molecule has 0 saturated carbocycles. The molecule has 3 rings (SSSR count). The van der Waals surface area contributed by atoms with Gasteiger partial charge in [0.15, 0.2) is 18.1 Å². The Balaban J connectivity index is 1.84. The van der Waals surface area contributed by atoms with Gasteiger partial charge in [-0.3, -0.25) is 4.79 Å². The molecule has 0 saturated heterocycles. The molecule has 9 nitrogen and oxygen atoms in total. The van der Waals surface area contributed by atoms with Gasteiger partial charge in [0.25, 0.3) is 18.4 Å². The van der Waals surface area contributed by atoms with Gasteiger partial charge in [-0.1, -0.05) is 11.6 Å². The van der Waals surface area contributed by atoms with Crippen LogP contribution in [0.1, 0.15) is 23.0 Å². The molecular weight excluding hydrogens is 453 g/mol. The number of alkyl halides is 3. The molecule has 13 heteroatoms. The van der Waals surface area contributed by atoms with Crippen LogP contribution in [0.4, 0.5) is 24.7 Å². The first kappa shape index (κ1) is 23.1. The number of carbonyl (C=O) groups excluding carboxylic acids is 1. The van der Waals surface area contributed by atoms with E-state index in [0.717, 1.165) is 6.20 Å². The molecule has 170 valence electrons. The van der Waals surface area contributed by atoms with Gasteiger partial charge in [0.05, 0.1) is 6.20 Å². The molecule has 0 radical (unpaired) electrons. The number of amides is 1. The summed E-state index contributed by atoms with van der Waals surface area (Å²) in [5.41, 5.74) is 10.7. The summed E-state index contributed by atoms with van der Waals surface area (Å²) in [4.78, 5) is 24.4. The maximum atomic E-state index is 13.1. The summed E-state index contributed by atoms with van der Waals surface area (Å²) >= 11 is 6.31. The quantitative estimate of drug-likeness (QED) is 0.565. The number of hydrogen-bond acceptors (Lipinski definition) is 8. The second-order valence-corrected chi connectivity index (χ2v) is 7.14. The van der Waals surface area contributed by atoms with E-state index in [1.165, 1.54) is 24.3 Å². The summed E-state index contributed by atoms with van der Waals surface area (Å²) in [6.07, 6.45) is -0.268. The van der Waals surface area contributed by atoms with E-state index in [-0.39, 0.29) is 29.2 Å². The number of nitrogen functional groups attached to an aromatic ring is 1. The van der Waals surface area contributed by atoms with Gasteiger partial charge in [0, 0.05) is 16.3 Å². The molecule has 1 atom stereocenters. The highest BCUT2D eigenvalue weighted by Crippen LogP contribution is 2.37. The van der Waals surface area contributed by atoms with Crippen molar-refractivity contribution in [3.63, 3.8) is 0 Å². The lowest BCUT2D eigenvalue weighted by Crippen LogP contribution is -2.30. The number of rotatable bonds is 7. The fourth-order valence-corrected chi connectivity index (χ4v) is 3.23. The summed E-state index contributed by atoms with van der Waals surface area (Å²) < 4.78 is 47.3. The number of nitrogens with two attached hydrogens (primary N) is 2. The lowest BCUT2D eigenvalue weighted by atomic mass is 9.90. The van der Waals surface area contributed by atoms with Crippen LogP contribution in [0.3, 0.4) is 0 Å². The highest BCUT2D eigenvalue weighted by Gasteiger charge is 2.32. The van der Waals surface area contributed by atoms with Gasteiger partial charge in [-0.05, 0) is 31.2 Å². The second-order valence-electron chi connectivity index (χ2n) is 6.74. The zero-order valence-corrected chi connectivity index (χ0v) is 17.4. The van der Waals surface area contributed by atoms with Crippen LogP contribution in [0.5, 0.6) is 5.88 Å². The van der Waals surface area contributed by atoms with Crippen molar-refractivity contribution >= 4 is 35.0 Å². The van der Waals surface area contributed by atoms with Gasteiger partial charge >= 0.3 is 0 Å². The van der Waals surface area contributed by atoms with Crippen LogP contribution in [0, 0.1) is 0 Å². The Bertz CT molecular complexity index is 1100. The van der Waals surface area contributed by atoms with Gasteiger partial charge in [0.2, 0.25) is 5.88 Å². The molecule has 1 amide bonds. The van der Waals surface area contributed by atoms with Gasteiger partial charge in [-0.25, -0.2) is 23.1 Å². The van der Waals surface area contributed by atoms with Gasteiger partial charge in [0.1, 0.15) is 18.0 Å². The van der Waals surface area contributed by atoms with Crippen molar-refractivity contribution in [2.45, 2.75) is 18.9 Å². The van der Waals surface area contributed by atoms with E-state index < -0.39 is 31.2 Å². The van der Waals surface area contributed by atoms with E-state index in [1.54, 1.807) is 6.92 Å². The van der Waals surface area contributed by atoms with E-state index in [9.17, 15) is 18.0 Å². The van der Waals surface area contributed by atoms with Crippen molar-refractivity contribution < 1.29 is 27.4 Å².